The van der Waals surface area contributed by atoms with Crippen molar-refractivity contribution in [2.45, 2.75) is 13.8 Å². The van der Waals surface area contributed by atoms with Gasteiger partial charge in [-0.2, -0.15) is 0 Å². The van der Waals surface area contributed by atoms with E-state index in [4.69, 9.17) is 11.6 Å². The van der Waals surface area contributed by atoms with Crippen LogP contribution in [0.5, 0.6) is 0 Å². The number of rotatable bonds is 0. The molecule has 0 atom stereocenters. The van der Waals surface area contributed by atoms with Gasteiger partial charge >= 0.3 is 0 Å². The van der Waals surface area contributed by atoms with Crippen LogP contribution in [0.4, 0.5) is 0 Å². The number of halogens is 1. The first-order chi connectivity index (χ1) is 6.11. The molecule has 0 spiro atoms. The zero-order valence-electron chi connectivity index (χ0n) is 7.93. The van der Waals surface area contributed by atoms with Gasteiger partial charge in [0.1, 0.15) is 5.82 Å². The number of benzene rings is 1. The van der Waals surface area contributed by atoms with Crippen LogP contribution >= 0.6 is 11.6 Å². The first-order valence-electron chi connectivity index (χ1n) is 4.19. The molecule has 0 aliphatic heterocycles. The molecule has 0 fully saturated rings. The quantitative estimate of drug-likeness (QED) is 0.631. The van der Waals surface area contributed by atoms with E-state index in [1.54, 1.807) is 0 Å². The number of aromatic nitrogens is 2. The Kier molecular flexibility index (Phi) is 1.81. The normalized spacial score (nSPS) is 11.1. The number of aryl methyl sites for hydroxylation is 3. The highest BCUT2D eigenvalue weighted by molar-refractivity contribution is 6.32. The molecule has 3 heteroatoms. The van der Waals surface area contributed by atoms with Crippen LogP contribution in [0.2, 0.25) is 5.02 Å². The van der Waals surface area contributed by atoms with Gasteiger partial charge in [-0.1, -0.05) is 11.6 Å². The molecule has 1 aromatic heterocycles. The van der Waals surface area contributed by atoms with E-state index >= 15 is 0 Å². The van der Waals surface area contributed by atoms with E-state index in [-0.39, 0.29) is 0 Å². The Hall–Kier alpha value is -1.02. The summed E-state index contributed by atoms with van der Waals surface area (Å²) in [5.74, 6) is 1.01. The SMILES string of the molecule is Cc1c(Cl)ccc2nc(C)n(C)c12. The molecule has 1 aromatic carbocycles. The maximum atomic E-state index is 6.03. The van der Waals surface area contributed by atoms with Crippen LogP contribution in [0.25, 0.3) is 11.0 Å². The maximum absolute atomic E-state index is 6.03. The third-order valence-corrected chi connectivity index (χ3v) is 2.86. The van der Waals surface area contributed by atoms with Crippen molar-refractivity contribution >= 4 is 22.6 Å². The summed E-state index contributed by atoms with van der Waals surface area (Å²) in [7, 11) is 2.01. The molecule has 2 rings (SSSR count). The highest BCUT2D eigenvalue weighted by Crippen LogP contribution is 2.24. The van der Waals surface area contributed by atoms with Gasteiger partial charge in [0, 0.05) is 12.1 Å². The summed E-state index contributed by atoms with van der Waals surface area (Å²) < 4.78 is 2.07. The Labute approximate surface area is 82.1 Å². The van der Waals surface area contributed by atoms with Crippen molar-refractivity contribution in [2.24, 2.45) is 7.05 Å². The lowest BCUT2D eigenvalue weighted by atomic mass is 10.2. The van der Waals surface area contributed by atoms with Gasteiger partial charge in [0.05, 0.1) is 11.0 Å². The molecular weight excluding hydrogens is 184 g/mol. The molecule has 0 radical (unpaired) electrons. The van der Waals surface area contributed by atoms with Crippen LogP contribution in [-0.2, 0) is 7.05 Å². The van der Waals surface area contributed by atoms with Crippen LogP contribution < -0.4 is 0 Å². The highest BCUT2D eigenvalue weighted by Gasteiger charge is 2.08. The molecule has 0 amide bonds. The van der Waals surface area contributed by atoms with Crippen LogP contribution in [0.1, 0.15) is 11.4 Å². The summed E-state index contributed by atoms with van der Waals surface area (Å²) in [5, 5.41) is 0.801. The van der Waals surface area contributed by atoms with E-state index in [1.165, 1.54) is 0 Å². The molecule has 13 heavy (non-hydrogen) atoms. The summed E-state index contributed by atoms with van der Waals surface area (Å²) in [6, 6.07) is 3.85. The van der Waals surface area contributed by atoms with Crippen molar-refractivity contribution in [3.8, 4) is 0 Å². The zero-order chi connectivity index (χ0) is 9.59. The summed E-state index contributed by atoms with van der Waals surface area (Å²) in [6.45, 7) is 4.01. The summed E-state index contributed by atoms with van der Waals surface area (Å²) in [5.41, 5.74) is 3.24. The lowest BCUT2D eigenvalue weighted by Crippen LogP contribution is -1.92. The molecule has 0 saturated heterocycles. The average molecular weight is 195 g/mol. The van der Waals surface area contributed by atoms with Gasteiger partial charge in [-0.3, -0.25) is 0 Å². The van der Waals surface area contributed by atoms with Crippen molar-refractivity contribution in [3.63, 3.8) is 0 Å². The minimum Gasteiger partial charge on any atom is -0.331 e. The zero-order valence-corrected chi connectivity index (χ0v) is 8.68. The smallest absolute Gasteiger partial charge is 0.106 e. The standard InChI is InChI=1S/C10H11ClN2/c1-6-8(11)4-5-9-10(6)13(3)7(2)12-9/h4-5H,1-3H3. The van der Waals surface area contributed by atoms with Crippen molar-refractivity contribution in [1.29, 1.82) is 0 Å². The largest absolute Gasteiger partial charge is 0.331 e. The molecule has 2 nitrogen and oxygen atoms in total. The summed E-state index contributed by atoms with van der Waals surface area (Å²) >= 11 is 6.03. The number of imidazole rings is 1. The topological polar surface area (TPSA) is 17.8 Å². The van der Waals surface area contributed by atoms with Gasteiger partial charge in [-0.15, -0.1) is 0 Å². The fourth-order valence-electron chi connectivity index (χ4n) is 1.59. The molecular formula is C10H11ClN2. The Morgan fingerprint density at radius 3 is 2.69 bits per heavy atom. The molecule has 0 aliphatic rings. The third kappa shape index (κ3) is 1.13. The molecule has 2 aromatic rings. The van der Waals surface area contributed by atoms with E-state index in [2.05, 4.69) is 9.55 Å². The second-order valence-corrected chi connectivity index (χ2v) is 3.67. The summed E-state index contributed by atoms with van der Waals surface area (Å²) in [4.78, 5) is 4.42. The lowest BCUT2D eigenvalue weighted by Gasteiger charge is -2.02. The fourth-order valence-corrected chi connectivity index (χ4v) is 1.74. The van der Waals surface area contributed by atoms with E-state index in [1.807, 2.05) is 33.0 Å². The van der Waals surface area contributed by atoms with Crippen molar-refractivity contribution < 1.29 is 0 Å². The van der Waals surface area contributed by atoms with Crippen molar-refractivity contribution in [2.75, 3.05) is 0 Å². The van der Waals surface area contributed by atoms with Gasteiger partial charge < -0.3 is 4.57 Å². The second-order valence-electron chi connectivity index (χ2n) is 3.26. The number of hydrogen-bond donors (Lipinski definition) is 0. The van der Waals surface area contributed by atoms with Crippen molar-refractivity contribution in [1.82, 2.24) is 9.55 Å². The average Bonchev–Trinajstić information content (AvgIpc) is 2.37. The first kappa shape index (κ1) is 8.57. The third-order valence-electron chi connectivity index (χ3n) is 2.45. The van der Waals surface area contributed by atoms with E-state index in [9.17, 15) is 0 Å². The van der Waals surface area contributed by atoms with Gasteiger partial charge in [0.15, 0.2) is 0 Å². The first-order valence-corrected chi connectivity index (χ1v) is 4.57. The minimum absolute atomic E-state index is 0.801. The summed E-state index contributed by atoms with van der Waals surface area (Å²) in [6.07, 6.45) is 0. The predicted octanol–water partition coefficient (Wildman–Crippen LogP) is 2.84. The Morgan fingerprint density at radius 1 is 1.31 bits per heavy atom. The predicted molar refractivity (Wildman–Crippen MR) is 55.2 cm³/mol. The number of nitrogens with zero attached hydrogens (tertiary/aromatic N) is 2. The Morgan fingerprint density at radius 2 is 2.00 bits per heavy atom. The van der Waals surface area contributed by atoms with E-state index in [0.717, 1.165) is 27.4 Å². The molecule has 0 bridgehead atoms. The molecule has 68 valence electrons. The van der Waals surface area contributed by atoms with Crippen LogP contribution in [-0.4, -0.2) is 9.55 Å². The number of fused-ring (bicyclic) bond motifs is 1. The number of hydrogen-bond acceptors (Lipinski definition) is 1. The van der Waals surface area contributed by atoms with E-state index < -0.39 is 0 Å². The van der Waals surface area contributed by atoms with Crippen LogP contribution in [0.15, 0.2) is 12.1 Å². The molecule has 1 heterocycles. The fraction of sp³-hybridized carbons (Fsp3) is 0.300. The second kappa shape index (κ2) is 2.74. The van der Waals surface area contributed by atoms with Gasteiger partial charge in [-0.25, -0.2) is 4.98 Å². The maximum Gasteiger partial charge on any atom is 0.106 e. The van der Waals surface area contributed by atoms with Crippen LogP contribution in [0, 0.1) is 13.8 Å². The van der Waals surface area contributed by atoms with Gasteiger partial charge in [-0.05, 0) is 31.5 Å². The molecule has 0 saturated carbocycles. The Bertz CT molecular complexity index is 471. The lowest BCUT2D eigenvalue weighted by molar-refractivity contribution is 0.883. The minimum atomic E-state index is 0.801. The van der Waals surface area contributed by atoms with E-state index in [0.29, 0.717) is 0 Å². The molecule has 0 unspecified atom stereocenters. The Balaban J connectivity index is 2.97. The van der Waals surface area contributed by atoms with Crippen LogP contribution in [0.3, 0.4) is 0 Å². The molecule has 0 aliphatic carbocycles. The van der Waals surface area contributed by atoms with Gasteiger partial charge in [0.25, 0.3) is 0 Å². The van der Waals surface area contributed by atoms with Gasteiger partial charge in [0.2, 0.25) is 0 Å². The van der Waals surface area contributed by atoms with Crippen molar-refractivity contribution in [3.05, 3.63) is 28.5 Å². The molecule has 0 N–H and O–H groups in total. The monoisotopic (exact) mass is 194 g/mol. The highest BCUT2D eigenvalue weighted by atomic mass is 35.5.